The normalized spacial score (nSPS) is 9.59. The van der Waals surface area contributed by atoms with Gasteiger partial charge in [0.15, 0.2) is 0 Å². The maximum Gasteiger partial charge on any atom is 0.0991 e. The van der Waals surface area contributed by atoms with Gasteiger partial charge >= 0.3 is 0 Å². The quantitative estimate of drug-likeness (QED) is 0.786. The van der Waals surface area contributed by atoms with Crippen LogP contribution in [0.1, 0.15) is 11.1 Å². The summed E-state index contributed by atoms with van der Waals surface area (Å²) in [5.74, 6) is 0. The molecule has 3 heteroatoms. The molecule has 0 aliphatic carbocycles. The number of rotatable bonds is 3. The molecule has 17 heavy (non-hydrogen) atoms. The summed E-state index contributed by atoms with van der Waals surface area (Å²) in [6.07, 6.45) is 0. The van der Waals surface area contributed by atoms with E-state index in [1.807, 2.05) is 42.5 Å². The fraction of sp³-hybridized carbons (Fsp3) is 0.0714. The van der Waals surface area contributed by atoms with E-state index >= 15 is 0 Å². The molecule has 0 saturated carbocycles. The first-order valence-corrected chi connectivity index (χ1v) is 5.36. The number of hydrogen-bond acceptors (Lipinski definition) is 3. The Morgan fingerprint density at radius 2 is 1.94 bits per heavy atom. The molecule has 0 spiro atoms. The van der Waals surface area contributed by atoms with Gasteiger partial charge in [0.25, 0.3) is 0 Å². The molecule has 0 fully saturated rings. The van der Waals surface area contributed by atoms with Crippen molar-refractivity contribution in [2.75, 3.05) is 11.1 Å². The number of benzene rings is 2. The van der Waals surface area contributed by atoms with Crippen LogP contribution in [-0.4, -0.2) is 0 Å². The van der Waals surface area contributed by atoms with Crippen molar-refractivity contribution in [2.24, 2.45) is 0 Å². The summed E-state index contributed by atoms with van der Waals surface area (Å²) in [4.78, 5) is 0. The smallest absolute Gasteiger partial charge is 0.0991 e. The predicted molar refractivity (Wildman–Crippen MR) is 69.3 cm³/mol. The van der Waals surface area contributed by atoms with E-state index in [2.05, 4.69) is 11.4 Å². The Morgan fingerprint density at radius 1 is 1.12 bits per heavy atom. The molecule has 0 radical (unpaired) electrons. The lowest BCUT2D eigenvalue weighted by atomic mass is 10.1. The van der Waals surface area contributed by atoms with Crippen LogP contribution in [-0.2, 0) is 6.54 Å². The largest absolute Gasteiger partial charge is 0.399 e. The van der Waals surface area contributed by atoms with Crippen LogP contribution in [0.4, 0.5) is 11.4 Å². The van der Waals surface area contributed by atoms with E-state index in [-0.39, 0.29) is 0 Å². The van der Waals surface area contributed by atoms with E-state index < -0.39 is 0 Å². The van der Waals surface area contributed by atoms with E-state index in [9.17, 15) is 0 Å². The van der Waals surface area contributed by atoms with Crippen molar-refractivity contribution in [1.29, 1.82) is 5.26 Å². The second-order valence-corrected chi connectivity index (χ2v) is 3.79. The van der Waals surface area contributed by atoms with Crippen LogP contribution in [0, 0.1) is 11.3 Å². The predicted octanol–water partition coefficient (Wildman–Crippen LogP) is 2.75. The van der Waals surface area contributed by atoms with E-state index in [4.69, 9.17) is 11.0 Å². The SMILES string of the molecule is N#Cc1cccc(CNc2cccc(N)c2)c1. The number of nitriles is 1. The summed E-state index contributed by atoms with van der Waals surface area (Å²) < 4.78 is 0. The van der Waals surface area contributed by atoms with Crippen molar-refractivity contribution in [2.45, 2.75) is 6.54 Å². The first-order valence-electron chi connectivity index (χ1n) is 5.36. The molecule has 3 N–H and O–H groups in total. The molecular formula is C14H13N3. The Hall–Kier alpha value is -2.47. The van der Waals surface area contributed by atoms with Gasteiger partial charge in [-0.3, -0.25) is 0 Å². The summed E-state index contributed by atoms with van der Waals surface area (Å²) in [6.45, 7) is 0.680. The van der Waals surface area contributed by atoms with Crippen molar-refractivity contribution in [3.8, 4) is 6.07 Å². The monoisotopic (exact) mass is 223 g/mol. The molecule has 3 nitrogen and oxygen atoms in total. The highest BCUT2D eigenvalue weighted by Crippen LogP contribution is 2.13. The molecule has 0 aliphatic heterocycles. The summed E-state index contributed by atoms with van der Waals surface area (Å²) in [7, 11) is 0. The minimum atomic E-state index is 0.678. The first kappa shape index (κ1) is 11.0. The fourth-order valence-corrected chi connectivity index (χ4v) is 1.60. The third kappa shape index (κ3) is 2.99. The van der Waals surface area contributed by atoms with Crippen LogP contribution in [0.2, 0.25) is 0 Å². The maximum absolute atomic E-state index is 8.80. The molecule has 2 aromatic rings. The number of nitrogens with zero attached hydrogens (tertiary/aromatic N) is 1. The maximum atomic E-state index is 8.80. The lowest BCUT2D eigenvalue weighted by Crippen LogP contribution is -2.00. The van der Waals surface area contributed by atoms with Gasteiger partial charge in [-0.15, -0.1) is 0 Å². The molecule has 0 aliphatic rings. The number of nitrogen functional groups attached to an aromatic ring is 1. The van der Waals surface area contributed by atoms with Gasteiger partial charge in [0, 0.05) is 17.9 Å². The van der Waals surface area contributed by atoms with Crippen molar-refractivity contribution >= 4 is 11.4 Å². The number of nitrogens with two attached hydrogens (primary N) is 1. The standard InChI is InChI=1S/C14H13N3/c15-9-11-3-1-4-12(7-11)10-17-14-6-2-5-13(16)8-14/h1-8,17H,10,16H2. The topological polar surface area (TPSA) is 61.8 Å². The highest BCUT2D eigenvalue weighted by atomic mass is 14.9. The van der Waals surface area contributed by atoms with Crippen molar-refractivity contribution in [3.05, 3.63) is 59.7 Å². The fourth-order valence-electron chi connectivity index (χ4n) is 1.60. The summed E-state index contributed by atoms with van der Waals surface area (Å²) in [6, 6.07) is 17.3. The first-order chi connectivity index (χ1) is 8.28. The van der Waals surface area contributed by atoms with Gasteiger partial charge in [0.2, 0.25) is 0 Å². The number of hydrogen-bond donors (Lipinski definition) is 2. The zero-order valence-electron chi connectivity index (χ0n) is 9.35. The van der Waals surface area contributed by atoms with Gasteiger partial charge in [-0.25, -0.2) is 0 Å². The number of anilines is 2. The van der Waals surface area contributed by atoms with E-state index in [1.54, 1.807) is 6.07 Å². The van der Waals surface area contributed by atoms with Crippen LogP contribution < -0.4 is 11.1 Å². The molecule has 84 valence electrons. The zero-order chi connectivity index (χ0) is 12.1. The van der Waals surface area contributed by atoms with Crippen LogP contribution in [0.25, 0.3) is 0 Å². The Kier molecular flexibility index (Phi) is 3.27. The van der Waals surface area contributed by atoms with Gasteiger partial charge in [0.05, 0.1) is 11.6 Å². The molecule has 0 unspecified atom stereocenters. The van der Waals surface area contributed by atoms with Gasteiger partial charge < -0.3 is 11.1 Å². The van der Waals surface area contributed by atoms with Gasteiger partial charge in [0.1, 0.15) is 0 Å². The van der Waals surface area contributed by atoms with Gasteiger partial charge in [-0.2, -0.15) is 5.26 Å². The zero-order valence-corrected chi connectivity index (χ0v) is 9.35. The molecule has 0 atom stereocenters. The molecular weight excluding hydrogens is 210 g/mol. The summed E-state index contributed by atoms with van der Waals surface area (Å²) in [5, 5.41) is 12.1. The molecule has 0 saturated heterocycles. The highest BCUT2D eigenvalue weighted by molar-refractivity contribution is 5.54. The number of nitrogens with one attached hydrogen (secondary N) is 1. The van der Waals surface area contributed by atoms with Crippen molar-refractivity contribution in [1.82, 2.24) is 0 Å². The second-order valence-electron chi connectivity index (χ2n) is 3.79. The van der Waals surface area contributed by atoms with E-state index in [0.717, 1.165) is 16.9 Å². The third-order valence-electron chi connectivity index (χ3n) is 2.44. The Labute approximate surface area is 101 Å². The van der Waals surface area contributed by atoms with Crippen LogP contribution >= 0.6 is 0 Å². The lowest BCUT2D eigenvalue weighted by molar-refractivity contribution is 1.15. The summed E-state index contributed by atoms with van der Waals surface area (Å²) >= 11 is 0. The van der Waals surface area contributed by atoms with Crippen LogP contribution in [0.5, 0.6) is 0 Å². The Bertz CT molecular complexity index is 555. The lowest BCUT2D eigenvalue weighted by Gasteiger charge is -2.07. The Morgan fingerprint density at radius 3 is 2.71 bits per heavy atom. The minimum absolute atomic E-state index is 0.678. The average Bonchev–Trinajstić information content (AvgIpc) is 2.37. The molecule has 2 aromatic carbocycles. The van der Waals surface area contributed by atoms with Gasteiger partial charge in [-0.1, -0.05) is 18.2 Å². The minimum Gasteiger partial charge on any atom is -0.399 e. The molecule has 0 amide bonds. The van der Waals surface area contributed by atoms with E-state index in [1.165, 1.54) is 0 Å². The molecule has 0 aromatic heterocycles. The third-order valence-corrected chi connectivity index (χ3v) is 2.44. The van der Waals surface area contributed by atoms with Crippen LogP contribution in [0.3, 0.4) is 0 Å². The van der Waals surface area contributed by atoms with Gasteiger partial charge in [-0.05, 0) is 35.9 Å². The molecule has 0 bridgehead atoms. The van der Waals surface area contributed by atoms with Crippen LogP contribution in [0.15, 0.2) is 48.5 Å². The average molecular weight is 223 g/mol. The van der Waals surface area contributed by atoms with Crippen molar-refractivity contribution in [3.63, 3.8) is 0 Å². The highest BCUT2D eigenvalue weighted by Gasteiger charge is 1.96. The van der Waals surface area contributed by atoms with E-state index in [0.29, 0.717) is 12.1 Å². The Balaban J connectivity index is 2.05. The second kappa shape index (κ2) is 5.04. The molecule has 2 rings (SSSR count). The molecule has 0 heterocycles. The summed E-state index contributed by atoms with van der Waals surface area (Å²) in [5.41, 5.74) is 9.16. The van der Waals surface area contributed by atoms with Crippen molar-refractivity contribution < 1.29 is 0 Å².